The summed E-state index contributed by atoms with van der Waals surface area (Å²) in [5, 5.41) is 0. The highest BCUT2D eigenvalue weighted by Crippen LogP contribution is 2.32. The first kappa shape index (κ1) is 27.0. The van der Waals surface area contributed by atoms with E-state index in [1.807, 2.05) is 33.8 Å². The van der Waals surface area contributed by atoms with Crippen LogP contribution in [0.4, 0.5) is 0 Å². The van der Waals surface area contributed by atoms with E-state index in [0.29, 0.717) is 0 Å². The molecule has 2 rings (SSSR count). The number of hydrogen-bond donors (Lipinski definition) is 0. The van der Waals surface area contributed by atoms with E-state index < -0.39 is 29.6 Å². The minimum Gasteiger partial charge on any atom is -0.493 e. The molecule has 1 heterocycles. The van der Waals surface area contributed by atoms with Gasteiger partial charge in [-0.2, -0.15) is 0 Å². The molecule has 0 spiro atoms. The topological polar surface area (TPSA) is 91.8 Å². The summed E-state index contributed by atoms with van der Waals surface area (Å²) in [6.45, 7) is 12.9. The van der Waals surface area contributed by atoms with E-state index >= 15 is 0 Å². The van der Waals surface area contributed by atoms with Crippen LogP contribution in [0.25, 0.3) is 0 Å². The Hall–Kier alpha value is -3.22. The second-order valence-corrected chi connectivity index (χ2v) is 9.09. The van der Waals surface area contributed by atoms with Gasteiger partial charge in [0.25, 0.3) is 0 Å². The average molecular weight is 470 g/mol. The summed E-state index contributed by atoms with van der Waals surface area (Å²) in [5.41, 5.74) is 3.39. The predicted molar refractivity (Wildman–Crippen MR) is 129 cm³/mol. The quantitative estimate of drug-likeness (QED) is 0.348. The summed E-state index contributed by atoms with van der Waals surface area (Å²) in [6.07, 6.45) is 0.884. The van der Waals surface area contributed by atoms with Gasteiger partial charge in [0.15, 0.2) is 17.2 Å². The van der Waals surface area contributed by atoms with Crippen LogP contribution >= 0.6 is 0 Å². The minimum absolute atomic E-state index is 0.00505. The molecular weight excluding hydrogens is 434 g/mol. The molecule has 7 nitrogen and oxygen atoms in total. The smallest absolute Gasteiger partial charge is 0.313 e. The highest BCUT2D eigenvalue weighted by Gasteiger charge is 2.28. The zero-order chi connectivity index (χ0) is 25.6. The van der Waals surface area contributed by atoms with Crippen LogP contribution < -0.4 is 9.47 Å². The van der Waals surface area contributed by atoms with Crippen LogP contribution in [0.15, 0.2) is 30.5 Å². The van der Waals surface area contributed by atoms with Gasteiger partial charge in [0.2, 0.25) is 5.75 Å². The van der Waals surface area contributed by atoms with E-state index in [0.717, 1.165) is 11.1 Å². The standard InChI is InChI=1S/C27H35NO6/c1-15(2)26(30)34-25-23(32-8)11-12-28-24(25)22(29)14-18(5)27(31)33-20(7)19(6)21-10-9-16(3)13-17(21)4/h9-13,15,18-20H,14H2,1-8H3/t18-,19-,20+/m1/s1. The fourth-order valence-corrected chi connectivity index (χ4v) is 3.56. The van der Waals surface area contributed by atoms with Gasteiger partial charge in [-0.25, -0.2) is 4.98 Å². The highest BCUT2D eigenvalue weighted by atomic mass is 16.6. The molecule has 34 heavy (non-hydrogen) atoms. The summed E-state index contributed by atoms with van der Waals surface area (Å²) < 4.78 is 16.3. The molecule has 7 heteroatoms. The number of Topliss-reactive ketones (excluding diaryl/α,β-unsaturated/α-hetero) is 1. The molecule has 3 atom stereocenters. The van der Waals surface area contributed by atoms with Crippen molar-refractivity contribution in [2.24, 2.45) is 11.8 Å². The number of aryl methyl sites for hydroxylation is 2. The molecule has 2 aromatic rings. The lowest BCUT2D eigenvalue weighted by atomic mass is 9.91. The Balaban J connectivity index is 2.11. The summed E-state index contributed by atoms with van der Waals surface area (Å²) in [5.74, 6) is -2.35. The molecule has 0 N–H and O–H groups in total. The molecule has 0 radical (unpaired) electrons. The minimum atomic E-state index is -0.706. The average Bonchev–Trinajstić information content (AvgIpc) is 2.78. The van der Waals surface area contributed by atoms with Crippen molar-refractivity contribution in [3.8, 4) is 11.5 Å². The lowest BCUT2D eigenvalue weighted by Crippen LogP contribution is -2.26. The van der Waals surface area contributed by atoms with Gasteiger partial charge in [0, 0.05) is 24.6 Å². The molecule has 184 valence electrons. The summed E-state index contributed by atoms with van der Waals surface area (Å²) >= 11 is 0. The lowest BCUT2D eigenvalue weighted by Gasteiger charge is -2.24. The maximum atomic E-state index is 13.0. The molecule has 0 unspecified atom stereocenters. The van der Waals surface area contributed by atoms with Crippen LogP contribution in [-0.4, -0.2) is 35.9 Å². The Kier molecular flexibility index (Phi) is 9.36. The van der Waals surface area contributed by atoms with Crippen molar-refractivity contribution in [3.63, 3.8) is 0 Å². The van der Waals surface area contributed by atoms with E-state index in [-0.39, 0.29) is 35.6 Å². The summed E-state index contributed by atoms with van der Waals surface area (Å²) in [6, 6.07) is 7.71. The van der Waals surface area contributed by atoms with Gasteiger partial charge < -0.3 is 14.2 Å². The molecule has 1 aromatic carbocycles. The van der Waals surface area contributed by atoms with Gasteiger partial charge in [-0.05, 0) is 31.9 Å². The van der Waals surface area contributed by atoms with Crippen molar-refractivity contribution in [2.45, 2.75) is 66.9 Å². The molecule has 0 saturated heterocycles. The highest BCUT2D eigenvalue weighted by molar-refractivity contribution is 6.00. The Bertz CT molecular complexity index is 1050. The van der Waals surface area contributed by atoms with Crippen LogP contribution in [0.3, 0.4) is 0 Å². The maximum Gasteiger partial charge on any atom is 0.313 e. The van der Waals surface area contributed by atoms with Gasteiger partial charge in [-0.1, -0.05) is 51.5 Å². The predicted octanol–water partition coefficient (Wildman–Crippen LogP) is 5.21. The second kappa shape index (κ2) is 11.8. The van der Waals surface area contributed by atoms with Crippen LogP contribution in [0.5, 0.6) is 11.5 Å². The summed E-state index contributed by atoms with van der Waals surface area (Å²) in [4.78, 5) is 42.0. The lowest BCUT2D eigenvalue weighted by molar-refractivity contribution is -0.153. The number of ether oxygens (including phenoxy) is 3. The number of aromatic nitrogens is 1. The second-order valence-electron chi connectivity index (χ2n) is 9.09. The van der Waals surface area contributed by atoms with Crippen molar-refractivity contribution in [1.82, 2.24) is 4.98 Å². The van der Waals surface area contributed by atoms with E-state index in [2.05, 4.69) is 17.1 Å². The first-order chi connectivity index (χ1) is 16.0. The van der Waals surface area contributed by atoms with Gasteiger partial charge in [0.1, 0.15) is 6.10 Å². The monoisotopic (exact) mass is 469 g/mol. The maximum absolute atomic E-state index is 13.0. The fraction of sp³-hybridized carbons (Fsp3) is 0.481. The van der Waals surface area contributed by atoms with E-state index in [1.165, 1.54) is 24.9 Å². The number of methoxy groups -OCH3 is 1. The SMILES string of the molecule is COc1ccnc(C(=O)C[C@@H](C)C(=O)O[C@@H](C)[C@@H](C)c2ccc(C)cc2C)c1OC(=O)C(C)C. The van der Waals surface area contributed by atoms with Crippen LogP contribution in [0.1, 0.15) is 74.1 Å². The third kappa shape index (κ3) is 6.65. The van der Waals surface area contributed by atoms with Crippen LogP contribution in [0, 0.1) is 25.7 Å². The first-order valence-corrected chi connectivity index (χ1v) is 11.5. The Morgan fingerprint density at radius 1 is 0.971 bits per heavy atom. The molecule has 0 saturated carbocycles. The van der Waals surface area contributed by atoms with E-state index in [9.17, 15) is 14.4 Å². The number of carbonyl (C=O) groups excluding carboxylic acids is 3. The van der Waals surface area contributed by atoms with Crippen LogP contribution in [0.2, 0.25) is 0 Å². The van der Waals surface area contributed by atoms with Crippen molar-refractivity contribution < 1.29 is 28.6 Å². The number of pyridine rings is 1. The number of rotatable bonds is 10. The number of benzene rings is 1. The molecule has 0 amide bonds. The number of ketones is 1. The Morgan fingerprint density at radius 2 is 1.65 bits per heavy atom. The van der Waals surface area contributed by atoms with Crippen molar-refractivity contribution >= 4 is 17.7 Å². The third-order valence-corrected chi connectivity index (χ3v) is 5.84. The van der Waals surface area contributed by atoms with Gasteiger partial charge in [-0.15, -0.1) is 0 Å². The van der Waals surface area contributed by atoms with Crippen molar-refractivity contribution in [1.29, 1.82) is 0 Å². The van der Waals surface area contributed by atoms with Gasteiger partial charge in [-0.3, -0.25) is 14.4 Å². The molecule has 0 aliphatic carbocycles. The molecule has 0 aliphatic rings. The van der Waals surface area contributed by atoms with Gasteiger partial charge in [0.05, 0.1) is 18.9 Å². The van der Waals surface area contributed by atoms with E-state index in [4.69, 9.17) is 14.2 Å². The van der Waals surface area contributed by atoms with Crippen LogP contribution in [-0.2, 0) is 14.3 Å². The van der Waals surface area contributed by atoms with Crippen molar-refractivity contribution in [3.05, 3.63) is 52.8 Å². The number of hydrogen-bond acceptors (Lipinski definition) is 7. The Morgan fingerprint density at radius 3 is 2.24 bits per heavy atom. The first-order valence-electron chi connectivity index (χ1n) is 11.5. The number of carbonyl (C=O) groups is 3. The third-order valence-electron chi connectivity index (χ3n) is 5.84. The van der Waals surface area contributed by atoms with E-state index in [1.54, 1.807) is 20.8 Å². The number of nitrogens with zero attached hydrogens (tertiary/aromatic N) is 1. The normalized spacial score (nSPS) is 13.7. The molecule has 0 bridgehead atoms. The zero-order valence-electron chi connectivity index (χ0n) is 21.3. The molecule has 0 aliphatic heterocycles. The molecule has 1 aromatic heterocycles. The molecular formula is C27H35NO6. The zero-order valence-corrected chi connectivity index (χ0v) is 21.3. The van der Waals surface area contributed by atoms with Crippen molar-refractivity contribution in [2.75, 3.05) is 7.11 Å². The number of esters is 2. The summed E-state index contributed by atoms with van der Waals surface area (Å²) in [7, 11) is 1.41. The largest absolute Gasteiger partial charge is 0.493 e. The Labute approximate surface area is 201 Å². The van der Waals surface area contributed by atoms with Gasteiger partial charge >= 0.3 is 11.9 Å². The fourth-order valence-electron chi connectivity index (χ4n) is 3.56. The molecule has 0 fully saturated rings.